The number of rotatable bonds is 4. The summed E-state index contributed by atoms with van der Waals surface area (Å²) in [6.07, 6.45) is 1.85. The molecular formula is C17H24N6O2. The van der Waals surface area contributed by atoms with Gasteiger partial charge in [-0.2, -0.15) is 10.2 Å². The molecular weight excluding hydrogens is 320 g/mol. The van der Waals surface area contributed by atoms with Crippen LogP contribution in [0.25, 0.3) is 0 Å². The van der Waals surface area contributed by atoms with Gasteiger partial charge in [-0.3, -0.25) is 19.4 Å². The SMILES string of the molecule is Cc1cc(C)n([C@H](C)C(=O)N2CCC[C@H](c3cc(C(N)=O)n[nH]3)C2)n1. The van der Waals surface area contributed by atoms with Crippen LogP contribution in [-0.2, 0) is 4.79 Å². The van der Waals surface area contributed by atoms with Crippen molar-refractivity contribution in [3.63, 3.8) is 0 Å². The van der Waals surface area contributed by atoms with Crippen LogP contribution in [0.2, 0.25) is 0 Å². The van der Waals surface area contributed by atoms with E-state index in [1.807, 2.05) is 31.7 Å². The molecule has 134 valence electrons. The van der Waals surface area contributed by atoms with Gasteiger partial charge in [-0.1, -0.05) is 0 Å². The summed E-state index contributed by atoms with van der Waals surface area (Å²) in [5.41, 5.74) is 8.23. The zero-order valence-corrected chi connectivity index (χ0v) is 14.8. The van der Waals surface area contributed by atoms with E-state index in [-0.39, 0.29) is 23.6 Å². The summed E-state index contributed by atoms with van der Waals surface area (Å²) >= 11 is 0. The number of nitrogens with two attached hydrogens (primary N) is 1. The molecule has 0 radical (unpaired) electrons. The highest BCUT2D eigenvalue weighted by Crippen LogP contribution is 2.27. The van der Waals surface area contributed by atoms with Gasteiger partial charge in [-0.15, -0.1) is 0 Å². The Bertz CT molecular complexity index is 793. The second kappa shape index (κ2) is 6.70. The quantitative estimate of drug-likeness (QED) is 0.870. The molecule has 2 amide bonds. The number of piperidine rings is 1. The molecule has 3 rings (SSSR count). The summed E-state index contributed by atoms with van der Waals surface area (Å²) in [6, 6.07) is 3.32. The Labute approximate surface area is 146 Å². The van der Waals surface area contributed by atoms with Crippen molar-refractivity contribution in [1.82, 2.24) is 24.9 Å². The number of aromatic amines is 1. The van der Waals surface area contributed by atoms with E-state index < -0.39 is 5.91 Å². The molecule has 0 aromatic carbocycles. The van der Waals surface area contributed by atoms with Gasteiger partial charge in [0.2, 0.25) is 5.91 Å². The zero-order chi connectivity index (χ0) is 18.1. The minimum atomic E-state index is -0.551. The van der Waals surface area contributed by atoms with Crippen molar-refractivity contribution in [2.75, 3.05) is 13.1 Å². The summed E-state index contributed by atoms with van der Waals surface area (Å²) in [6.45, 7) is 7.09. The molecule has 1 aliphatic heterocycles. The minimum Gasteiger partial charge on any atom is -0.364 e. The third-order valence-electron chi connectivity index (χ3n) is 4.79. The molecule has 2 aromatic rings. The van der Waals surface area contributed by atoms with Crippen molar-refractivity contribution < 1.29 is 9.59 Å². The topological polar surface area (TPSA) is 110 Å². The van der Waals surface area contributed by atoms with Gasteiger partial charge in [-0.05, 0) is 45.7 Å². The number of carbonyl (C=O) groups is 2. The average Bonchev–Trinajstić information content (AvgIpc) is 3.20. The number of H-pyrrole nitrogens is 1. The highest BCUT2D eigenvalue weighted by Gasteiger charge is 2.30. The van der Waals surface area contributed by atoms with Crippen molar-refractivity contribution >= 4 is 11.8 Å². The Hall–Kier alpha value is -2.64. The van der Waals surface area contributed by atoms with Gasteiger partial charge < -0.3 is 10.6 Å². The van der Waals surface area contributed by atoms with E-state index in [2.05, 4.69) is 15.3 Å². The van der Waals surface area contributed by atoms with Crippen molar-refractivity contribution in [1.29, 1.82) is 0 Å². The van der Waals surface area contributed by atoms with E-state index in [0.29, 0.717) is 6.54 Å². The van der Waals surface area contributed by atoms with E-state index in [9.17, 15) is 9.59 Å². The number of aryl methyl sites for hydroxylation is 2. The van der Waals surface area contributed by atoms with Crippen LogP contribution in [0, 0.1) is 13.8 Å². The first-order chi connectivity index (χ1) is 11.9. The first-order valence-corrected chi connectivity index (χ1v) is 8.53. The molecule has 8 heteroatoms. The number of hydrogen-bond acceptors (Lipinski definition) is 4. The number of aromatic nitrogens is 4. The molecule has 0 aliphatic carbocycles. The maximum Gasteiger partial charge on any atom is 0.269 e. The summed E-state index contributed by atoms with van der Waals surface area (Å²) in [5, 5.41) is 11.3. The second-order valence-corrected chi connectivity index (χ2v) is 6.74. The molecule has 25 heavy (non-hydrogen) atoms. The van der Waals surface area contributed by atoms with Gasteiger partial charge in [0.15, 0.2) is 0 Å². The molecule has 3 heterocycles. The Morgan fingerprint density at radius 2 is 2.12 bits per heavy atom. The second-order valence-electron chi connectivity index (χ2n) is 6.74. The van der Waals surface area contributed by atoms with Crippen LogP contribution in [0.3, 0.4) is 0 Å². The third kappa shape index (κ3) is 3.42. The smallest absolute Gasteiger partial charge is 0.269 e. The summed E-state index contributed by atoms with van der Waals surface area (Å²) in [4.78, 5) is 26.0. The van der Waals surface area contributed by atoms with Crippen molar-refractivity contribution in [2.24, 2.45) is 5.73 Å². The number of amides is 2. The fraction of sp³-hybridized carbons (Fsp3) is 0.529. The lowest BCUT2D eigenvalue weighted by Gasteiger charge is -2.34. The molecule has 2 aromatic heterocycles. The molecule has 0 unspecified atom stereocenters. The van der Waals surface area contributed by atoms with E-state index in [0.717, 1.165) is 36.5 Å². The molecule has 0 saturated carbocycles. The van der Waals surface area contributed by atoms with Crippen LogP contribution in [0.5, 0.6) is 0 Å². The highest BCUT2D eigenvalue weighted by molar-refractivity contribution is 5.90. The number of nitrogens with one attached hydrogen (secondary N) is 1. The lowest BCUT2D eigenvalue weighted by molar-refractivity contribution is -0.135. The monoisotopic (exact) mass is 344 g/mol. The van der Waals surface area contributed by atoms with Crippen LogP contribution >= 0.6 is 0 Å². The Morgan fingerprint density at radius 1 is 1.36 bits per heavy atom. The Balaban J connectivity index is 1.72. The van der Waals surface area contributed by atoms with Crippen LogP contribution in [0.1, 0.15) is 59.3 Å². The molecule has 0 bridgehead atoms. The van der Waals surface area contributed by atoms with Gasteiger partial charge in [0.1, 0.15) is 11.7 Å². The molecule has 2 atom stereocenters. The van der Waals surface area contributed by atoms with E-state index in [4.69, 9.17) is 5.73 Å². The normalized spacial score (nSPS) is 19.0. The lowest BCUT2D eigenvalue weighted by atomic mass is 9.94. The fourth-order valence-electron chi connectivity index (χ4n) is 3.51. The largest absolute Gasteiger partial charge is 0.364 e. The van der Waals surface area contributed by atoms with E-state index in [1.54, 1.807) is 10.7 Å². The molecule has 1 aliphatic rings. The van der Waals surface area contributed by atoms with Gasteiger partial charge in [-0.25, -0.2) is 0 Å². The van der Waals surface area contributed by atoms with Crippen LogP contribution in [0.4, 0.5) is 0 Å². The summed E-state index contributed by atoms with van der Waals surface area (Å²) in [7, 11) is 0. The van der Waals surface area contributed by atoms with E-state index in [1.165, 1.54) is 0 Å². The number of likely N-dealkylation sites (tertiary alicyclic amines) is 1. The lowest BCUT2D eigenvalue weighted by Crippen LogP contribution is -2.42. The number of primary amides is 1. The van der Waals surface area contributed by atoms with Crippen molar-refractivity contribution in [3.8, 4) is 0 Å². The predicted molar refractivity (Wildman–Crippen MR) is 92.1 cm³/mol. The standard InChI is InChI=1S/C17H24N6O2/c1-10-7-11(2)23(21-10)12(3)17(25)22-6-4-5-13(9-22)14-8-15(16(18)24)20-19-14/h7-8,12-13H,4-6,9H2,1-3H3,(H2,18,24)(H,19,20)/t12-,13+/m1/s1. The van der Waals surface area contributed by atoms with Gasteiger partial charge >= 0.3 is 0 Å². The van der Waals surface area contributed by atoms with Gasteiger partial charge in [0.05, 0.1) is 5.69 Å². The van der Waals surface area contributed by atoms with Crippen molar-refractivity contribution in [3.05, 3.63) is 34.9 Å². The molecule has 3 N–H and O–H groups in total. The zero-order valence-electron chi connectivity index (χ0n) is 14.8. The third-order valence-corrected chi connectivity index (χ3v) is 4.79. The van der Waals surface area contributed by atoms with Gasteiger partial charge in [0.25, 0.3) is 5.91 Å². The fourth-order valence-corrected chi connectivity index (χ4v) is 3.51. The Morgan fingerprint density at radius 3 is 2.72 bits per heavy atom. The highest BCUT2D eigenvalue weighted by atomic mass is 16.2. The van der Waals surface area contributed by atoms with Crippen LogP contribution in [-0.4, -0.2) is 49.8 Å². The Kier molecular flexibility index (Phi) is 4.61. The maximum atomic E-state index is 12.9. The number of carbonyl (C=O) groups excluding carboxylic acids is 2. The van der Waals surface area contributed by atoms with E-state index >= 15 is 0 Å². The number of nitrogens with zero attached hydrogens (tertiary/aromatic N) is 4. The minimum absolute atomic E-state index is 0.0607. The number of hydrogen-bond donors (Lipinski definition) is 2. The van der Waals surface area contributed by atoms with Crippen LogP contribution < -0.4 is 5.73 Å². The van der Waals surface area contributed by atoms with Crippen molar-refractivity contribution in [2.45, 2.75) is 45.6 Å². The first-order valence-electron chi connectivity index (χ1n) is 8.53. The van der Waals surface area contributed by atoms with Crippen LogP contribution in [0.15, 0.2) is 12.1 Å². The summed E-state index contributed by atoms with van der Waals surface area (Å²) < 4.78 is 1.78. The molecule has 1 saturated heterocycles. The molecule has 1 fully saturated rings. The average molecular weight is 344 g/mol. The first kappa shape index (κ1) is 17.2. The molecule has 8 nitrogen and oxygen atoms in total. The summed E-state index contributed by atoms with van der Waals surface area (Å²) in [5.74, 6) is -0.360. The van der Waals surface area contributed by atoms with Gasteiger partial charge in [0, 0.05) is 30.4 Å². The molecule has 0 spiro atoms. The maximum absolute atomic E-state index is 12.9. The predicted octanol–water partition coefficient (Wildman–Crippen LogP) is 1.29.